The molecule has 0 radical (unpaired) electrons. The number of hydrogen-bond donors (Lipinski definition) is 2. The summed E-state index contributed by atoms with van der Waals surface area (Å²) in [5, 5.41) is 18.4. The smallest absolute Gasteiger partial charge is 0.332 e. The summed E-state index contributed by atoms with van der Waals surface area (Å²) in [6.07, 6.45) is -2.10. The first-order valence-electron chi connectivity index (χ1n) is 8.15. The normalized spacial score (nSPS) is 17.1. The Morgan fingerprint density at radius 3 is 2.59 bits per heavy atom. The van der Waals surface area contributed by atoms with Crippen LogP contribution in [0, 0.1) is 6.92 Å². The molecule has 0 aromatic carbocycles. The van der Waals surface area contributed by atoms with Crippen molar-refractivity contribution in [3.8, 4) is 0 Å². The molecule has 0 aliphatic carbocycles. The van der Waals surface area contributed by atoms with Gasteiger partial charge < -0.3 is 14.8 Å². The third-order valence-corrected chi connectivity index (χ3v) is 3.73. The van der Waals surface area contributed by atoms with Crippen LogP contribution < -0.4 is 11.2 Å². The second-order valence-electron chi connectivity index (χ2n) is 5.21. The van der Waals surface area contributed by atoms with Crippen molar-refractivity contribution in [1.82, 2.24) is 18.7 Å². The Labute approximate surface area is 130 Å². The maximum Gasteiger partial charge on any atom is 0.332 e. The van der Waals surface area contributed by atoms with Gasteiger partial charge in [0.1, 0.15) is 5.82 Å². The Kier molecular flexibility index (Phi) is 4.02. The molecule has 2 N–H and O–H groups in total. The first-order valence-corrected chi connectivity index (χ1v) is 7.00. The van der Waals surface area contributed by atoms with Crippen LogP contribution in [0.1, 0.15) is 27.8 Å². The third-order valence-electron chi connectivity index (χ3n) is 3.73. The minimum atomic E-state index is -1.74. The van der Waals surface area contributed by atoms with Crippen molar-refractivity contribution in [3.63, 3.8) is 0 Å². The number of hydrogen-bond acceptors (Lipinski definition) is 5. The Bertz CT molecular complexity index is 855. The molecule has 2 aromatic rings. The summed E-state index contributed by atoms with van der Waals surface area (Å²) in [4.78, 5) is 29.2. The Balaban J connectivity index is 2.29. The molecule has 0 aliphatic heterocycles. The minimum Gasteiger partial charge on any atom is -0.394 e. The molecule has 3 unspecified atom stereocenters. The van der Waals surface area contributed by atoms with Crippen LogP contribution in [0.25, 0.3) is 11.2 Å². The number of rotatable bonds is 6. The van der Waals surface area contributed by atoms with Gasteiger partial charge in [0, 0.05) is 22.0 Å². The summed E-state index contributed by atoms with van der Waals surface area (Å²) in [6, 6.07) is 0. The second-order valence-corrected chi connectivity index (χ2v) is 5.21. The summed E-state index contributed by atoms with van der Waals surface area (Å²) in [6.45, 7) is 0.0887. The van der Waals surface area contributed by atoms with Crippen molar-refractivity contribution in [2.24, 2.45) is 14.1 Å². The third kappa shape index (κ3) is 2.84. The topological polar surface area (TPSA) is 102 Å². The average molecular weight is 312 g/mol. The highest BCUT2D eigenvalue weighted by atomic mass is 16.3. The fourth-order valence-electron chi connectivity index (χ4n) is 2.35. The number of nitrogens with zero attached hydrogens (tertiary/aromatic N) is 4. The van der Waals surface area contributed by atoms with Gasteiger partial charge in [0.25, 0.3) is 5.56 Å². The fraction of sp³-hybridized carbons (Fsp3) is 0.643. The zero-order valence-electron chi connectivity index (χ0n) is 14.9. The van der Waals surface area contributed by atoms with E-state index in [1.165, 1.54) is 4.57 Å². The molecular formula is C14H22N4O4. The lowest BCUT2D eigenvalue weighted by Crippen LogP contribution is -2.39. The van der Waals surface area contributed by atoms with Gasteiger partial charge in [0.15, 0.2) is 11.2 Å². The molecule has 122 valence electrons. The zero-order chi connectivity index (χ0) is 18.2. The lowest BCUT2D eigenvalue weighted by atomic mass is 10.1. The molecule has 0 fully saturated rings. The fourth-order valence-corrected chi connectivity index (χ4v) is 2.35. The lowest BCUT2D eigenvalue weighted by Gasteiger charge is -2.09. The minimum absolute atomic E-state index is 0.0852. The van der Waals surface area contributed by atoms with E-state index in [0.29, 0.717) is 17.0 Å². The molecule has 22 heavy (non-hydrogen) atoms. The maximum absolute atomic E-state index is 12.6. The standard InChI is InChI=1S/C14H22N4O4/c1-9-15-12-11(16(9)2)13(21)18(14(22)17(12)3)7-5-4-6-10(20)8-19/h10,19-20H,4-8H2,1-3H3/i6D,8D. The number of aliphatic hydroxyl groups excluding tert-OH is 2. The summed E-state index contributed by atoms with van der Waals surface area (Å²) >= 11 is 0. The molecule has 0 amide bonds. The van der Waals surface area contributed by atoms with Gasteiger partial charge in [-0.1, -0.05) is 0 Å². The molecule has 8 heteroatoms. The molecule has 2 rings (SSSR count). The Hall–Kier alpha value is -1.93. The van der Waals surface area contributed by atoms with E-state index >= 15 is 0 Å². The van der Waals surface area contributed by atoms with Crippen molar-refractivity contribution in [3.05, 3.63) is 26.7 Å². The summed E-state index contributed by atoms with van der Waals surface area (Å²) in [5.41, 5.74) is -0.280. The molecule has 0 saturated carbocycles. The molecule has 0 aliphatic rings. The van der Waals surface area contributed by atoms with Gasteiger partial charge in [-0.2, -0.15) is 0 Å². The maximum atomic E-state index is 12.6. The number of aromatic nitrogens is 4. The van der Waals surface area contributed by atoms with Crippen LogP contribution in [-0.2, 0) is 20.6 Å². The molecule has 3 atom stereocenters. The molecule has 2 aromatic heterocycles. The van der Waals surface area contributed by atoms with Crippen LogP contribution in [0.2, 0.25) is 0 Å². The van der Waals surface area contributed by atoms with Gasteiger partial charge in [-0.05, 0) is 26.2 Å². The van der Waals surface area contributed by atoms with Crippen LogP contribution in [0.15, 0.2) is 9.59 Å². The quantitative estimate of drug-likeness (QED) is 0.732. The summed E-state index contributed by atoms with van der Waals surface area (Å²) < 4.78 is 18.7. The Morgan fingerprint density at radius 1 is 1.27 bits per heavy atom. The molecule has 0 bridgehead atoms. The van der Waals surface area contributed by atoms with Gasteiger partial charge in [-0.25, -0.2) is 9.78 Å². The number of fused-ring (bicyclic) bond motifs is 1. The van der Waals surface area contributed by atoms with E-state index in [1.807, 2.05) is 0 Å². The molecule has 8 nitrogen and oxygen atoms in total. The van der Waals surface area contributed by atoms with E-state index in [9.17, 15) is 14.7 Å². The average Bonchev–Trinajstić information content (AvgIpc) is 2.83. The van der Waals surface area contributed by atoms with Crippen LogP contribution in [0.4, 0.5) is 0 Å². The zero-order valence-corrected chi connectivity index (χ0v) is 12.9. The van der Waals surface area contributed by atoms with Crippen molar-refractivity contribution in [1.29, 1.82) is 0 Å². The van der Waals surface area contributed by atoms with Crippen molar-refractivity contribution in [2.75, 3.05) is 6.58 Å². The van der Waals surface area contributed by atoms with Crippen LogP contribution in [-0.4, -0.2) is 41.6 Å². The number of aliphatic hydroxyl groups is 2. The van der Waals surface area contributed by atoms with E-state index in [1.54, 1.807) is 25.6 Å². The highest BCUT2D eigenvalue weighted by Gasteiger charge is 2.16. The van der Waals surface area contributed by atoms with Crippen LogP contribution in [0.5, 0.6) is 0 Å². The van der Waals surface area contributed by atoms with E-state index in [0.717, 1.165) is 4.57 Å². The van der Waals surface area contributed by atoms with Crippen LogP contribution in [0.3, 0.4) is 0 Å². The summed E-state index contributed by atoms with van der Waals surface area (Å²) in [5.74, 6) is 0.619. The van der Waals surface area contributed by atoms with E-state index in [2.05, 4.69) is 4.98 Å². The highest BCUT2D eigenvalue weighted by molar-refractivity contribution is 5.70. The van der Waals surface area contributed by atoms with Gasteiger partial charge in [0.05, 0.1) is 14.1 Å². The SMILES string of the molecule is [2H]C(O)C(O)C([2H])CCCn1c(=O)c2c(nc(C)n2C)n(C)c1=O. The van der Waals surface area contributed by atoms with E-state index < -0.39 is 30.3 Å². The predicted octanol–water partition coefficient (Wildman–Crippen LogP) is -0.734. The van der Waals surface area contributed by atoms with E-state index in [4.69, 9.17) is 7.85 Å². The number of imidazole rings is 1. The van der Waals surface area contributed by atoms with Crippen LogP contribution >= 0.6 is 0 Å². The molecular weight excluding hydrogens is 288 g/mol. The van der Waals surface area contributed by atoms with E-state index in [-0.39, 0.29) is 19.4 Å². The Morgan fingerprint density at radius 2 is 1.95 bits per heavy atom. The highest BCUT2D eigenvalue weighted by Crippen LogP contribution is 2.08. The first kappa shape index (κ1) is 13.7. The first-order chi connectivity index (χ1) is 11.2. The summed E-state index contributed by atoms with van der Waals surface area (Å²) in [7, 11) is 3.24. The van der Waals surface area contributed by atoms with Crippen molar-refractivity contribution >= 4 is 11.2 Å². The van der Waals surface area contributed by atoms with Crippen molar-refractivity contribution in [2.45, 2.75) is 38.8 Å². The van der Waals surface area contributed by atoms with Gasteiger partial charge in [-0.15, -0.1) is 0 Å². The largest absolute Gasteiger partial charge is 0.394 e. The molecule has 0 spiro atoms. The lowest BCUT2D eigenvalue weighted by molar-refractivity contribution is 0.0858. The predicted molar refractivity (Wildman–Crippen MR) is 81.9 cm³/mol. The number of aryl methyl sites for hydroxylation is 3. The molecule has 0 saturated heterocycles. The van der Waals surface area contributed by atoms with Crippen molar-refractivity contribution < 1.29 is 13.0 Å². The molecule has 2 heterocycles. The monoisotopic (exact) mass is 312 g/mol. The van der Waals surface area contributed by atoms with Gasteiger partial charge in [-0.3, -0.25) is 13.9 Å². The van der Waals surface area contributed by atoms with Gasteiger partial charge >= 0.3 is 5.69 Å². The van der Waals surface area contributed by atoms with Gasteiger partial charge in [0.2, 0.25) is 0 Å². The second kappa shape index (κ2) is 6.45.